The van der Waals surface area contributed by atoms with E-state index in [1.807, 2.05) is 6.92 Å². The topological polar surface area (TPSA) is 65.9 Å². The van der Waals surface area contributed by atoms with Crippen LogP contribution in [0.3, 0.4) is 0 Å². The molecular formula is C19H28F3N3O2. The molecule has 0 spiro atoms. The van der Waals surface area contributed by atoms with Crippen LogP contribution in [0.1, 0.15) is 44.6 Å². The number of benzene rings is 1. The molecule has 0 aliphatic heterocycles. The summed E-state index contributed by atoms with van der Waals surface area (Å²) in [6.07, 6.45) is 0.470. The average Bonchev–Trinajstić information content (AvgIpc) is 2.63. The Bertz CT molecular complexity index is 597. The lowest BCUT2D eigenvalue weighted by Crippen LogP contribution is -2.48. The molecule has 0 saturated heterocycles. The van der Waals surface area contributed by atoms with Gasteiger partial charge in [-0.05, 0) is 37.5 Å². The second-order valence-electron chi connectivity index (χ2n) is 6.88. The zero-order valence-electron chi connectivity index (χ0n) is 15.6. The van der Waals surface area contributed by atoms with Crippen LogP contribution in [0.25, 0.3) is 0 Å². The van der Waals surface area contributed by atoms with Gasteiger partial charge in [-0.15, -0.1) is 0 Å². The molecular weight excluding hydrogens is 359 g/mol. The highest BCUT2D eigenvalue weighted by molar-refractivity contribution is 5.79. The van der Waals surface area contributed by atoms with E-state index in [-0.39, 0.29) is 5.75 Å². The maximum atomic E-state index is 12.2. The van der Waals surface area contributed by atoms with Gasteiger partial charge in [0.2, 0.25) is 0 Å². The van der Waals surface area contributed by atoms with Crippen molar-refractivity contribution in [3.05, 3.63) is 29.8 Å². The summed E-state index contributed by atoms with van der Waals surface area (Å²) in [6, 6.07) is 6.38. The van der Waals surface area contributed by atoms with Gasteiger partial charge in [0.25, 0.3) is 0 Å². The lowest BCUT2D eigenvalue weighted by atomic mass is 9.85. The molecule has 1 aliphatic carbocycles. The van der Waals surface area contributed by atoms with Crippen LogP contribution < -0.4 is 15.4 Å². The summed E-state index contributed by atoms with van der Waals surface area (Å²) < 4.78 is 41.2. The number of rotatable bonds is 7. The van der Waals surface area contributed by atoms with Gasteiger partial charge in [0.1, 0.15) is 5.75 Å². The molecule has 0 radical (unpaired) electrons. The Morgan fingerprint density at radius 2 is 1.81 bits per heavy atom. The fraction of sp³-hybridized carbons (Fsp3) is 0.632. The van der Waals surface area contributed by atoms with Crippen molar-refractivity contribution in [1.82, 2.24) is 10.6 Å². The number of aliphatic imine (C=N–C) groups is 1. The number of halogens is 3. The summed E-state index contributed by atoms with van der Waals surface area (Å²) in [6.45, 7) is 2.16. The lowest BCUT2D eigenvalue weighted by molar-refractivity contribution is -0.153. The van der Waals surface area contributed by atoms with Crippen LogP contribution in [-0.2, 0) is 6.54 Å². The molecule has 8 heteroatoms. The molecule has 152 valence electrons. The molecule has 2 rings (SSSR count). The van der Waals surface area contributed by atoms with Gasteiger partial charge in [-0.25, -0.2) is 4.99 Å². The molecule has 3 N–H and O–H groups in total. The molecule has 0 heterocycles. The number of guanidine groups is 1. The summed E-state index contributed by atoms with van der Waals surface area (Å²) in [4.78, 5) is 4.48. The molecule has 5 nitrogen and oxygen atoms in total. The van der Waals surface area contributed by atoms with Gasteiger partial charge >= 0.3 is 6.18 Å². The van der Waals surface area contributed by atoms with Gasteiger partial charge in [0.05, 0.1) is 12.1 Å². The van der Waals surface area contributed by atoms with Gasteiger partial charge in [-0.3, -0.25) is 0 Å². The van der Waals surface area contributed by atoms with Crippen LogP contribution in [0.15, 0.2) is 29.3 Å². The maximum Gasteiger partial charge on any atom is 0.422 e. The first-order chi connectivity index (χ1) is 12.8. The number of ether oxygens (including phenoxy) is 1. The van der Waals surface area contributed by atoms with Crippen LogP contribution >= 0.6 is 0 Å². The van der Waals surface area contributed by atoms with Crippen LogP contribution in [0.4, 0.5) is 13.2 Å². The van der Waals surface area contributed by atoms with E-state index in [1.165, 1.54) is 18.6 Å². The molecule has 1 aromatic rings. The van der Waals surface area contributed by atoms with Gasteiger partial charge in [-0.2, -0.15) is 13.2 Å². The molecule has 0 atom stereocenters. The SMILES string of the molecule is CCNC(=NCc1ccc(OCC(F)(F)F)cc1)NCC1(O)CCCCC1. The lowest BCUT2D eigenvalue weighted by Gasteiger charge is -2.32. The minimum Gasteiger partial charge on any atom is -0.484 e. The molecule has 1 aromatic carbocycles. The van der Waals surface area contributed by atoms with Crippen molar-refractivity contribution in [1.29, 1.82) is 0 Å². The number of hydrogen-bond acceptors (Lipinski definition) is 3. The first-order valence-corrected chi connectivity index (χ1v) is 9.33. The van der Waals surface area contributed by atoms with E-state index in [2.05, 4.69) is 15.6 Å². The third-order valence-corrected chi connectivity index (χ3v) is 4.46. The van der Waals surface area contributed by atoms with Gasteiger partial charge in [0.15, 0.2) is 12.6 Å². The number of nitrogens with zero attached hydrogens (tertiary/aromatic N) is 1. The molecule has 0 amide bonds. The Balaban J connectivity index is 1.87. The number of nitrogens with one attached hydrogen (secondary N) is 2. The normalized spacial score (nSPS) is 17.4. The van der Waals surface area contributed by atoms with Crippen LogP contribution in [0.5, 0.6) is 5.75 Å². The molecule has 0 unspecified atom stereocenters. The largest absolute Gasteiger partial charge is 0.484 e. The van der Waals surface area contributed by atoms with Crippen molar-refractivity contribution in [2.45, 2.75) is 57.3 Å². The third kappa shape index (κ3) is 8.07. The summed E-state index contributed by atoms with van der Waals surface area (Å²) in [5, 5.41) is 16.9. The predicted molar refractivity (Wildman–Crippen MR) is 98.8 cm³/mol. The van der Waals surface area contributed by atoms with Crippen molar-refractivity contribution < 1.29 is 23.0 Å². The smallest absolute Gasteiger partial charge is 0.422 e. The zero-order valence-corrected chi connectivity index (χ0v) is 15.6. The Hall–Kier alpha value is -1.96. The van der Waals surface area contributed by atoms with Crippen LogP contribution in [0, 0.1) is 0 Å². The Morgan fingerprint density at radius 3 is 2.41 bits per heavy atom. The van der Waals surface area contributed by atoms with E-state index in [1.54, 1.807) is 12.1 Å². The van der Waals surface area contributed by atoms with Crippen molar-refractivity contribution >= 4 is 5.96 Å². The fourth-order valence-electron chi connectivity index (χ4n) is 3.00. The molecule has 1 fully saturated rings. The minimum absolute atomic E-state index is 0.171. The molecule has 1 saturated carbocycles. The number of hydrogen-bond donors (Lipinski definition) is 3. The monoisotopic (exact) mass is 387 g/mol. The number of aliphatic hydroxyl groups is 1. The zero-order chi connectivity index (χ0) is 19.8. The highest BCUT2D eigenvalue weighted by Crippen LogP contribution is 2.27. The fourth-order valence-corrected chi connectivity index (χ4v) is 3.00. The van der Waals surface area contributed by atoms with Crippen LogP contribution in [-0.4, -0.2) is 42.5 Å². The van der Waals surface area contributed by atoms with Crippen molar-refractivity contribution in [3.8, 4) is 5.75 Å². The number of alkyl halides is 3. The molecule has 0 bridgehead atoms. The molecule has 0 aromatic heterocycles. The highest BCUT2D eigenvalue weighted by atomic mass is 19.4. The molecule has 27 heavy (non-hydrogen) atoms. The third-order valence-electron chi connectivity index (χ3n) is 4.46. The summed E-state index contributed by atoms with van der Waals surface area (Å²) in [5.41, 5.74) is 0.161. The summed E-state index contributed by atoms with van der Waals surface area (Å²) >= 11 is 0. The first kappa shape index (κ1) is 21.3. The maximum absolute atomic E-state index is 12.2. The van der Waals surface area contributed by atoms with E-state index in [0.717, 1.165) is 31.2 Å². The van der Waals surface area contributed by atoms with Crippen LogP contribution in [0.2, 0.25) is 0 Å². The van der Waals surface area contributed by atoms with Crippen molar-refractivity contribution in [2.75, 3.05) is 19.7 Å². The van der Waals surface area contributed by atoms with E-state index in [4.69, 9.17) is 4.74 Å². The van der Waals surface area contributed by atoms with Gasteiger partial charge in [0, 0.05) is 13.1 Å². The van der Waals surface area contributed by atoms with Gasteiger partial charge in [-0.1, -0.05) is 31.4 Å². The van der Waals surface area contributed by atoms with Crippen molar-refractivity contribution in [2.24, 2.45) is 4.99 Å². The highest BCUT2D eigenvalue weighted by Gasteiger charge is 2.29. The standard InChI is InChI=1S/C19H28F3N3O2/c1-2-23-17(25-13-18(26)10-4-3-5-11-18)24-12-15-6-8-16(9-7-15)27-14-19(20,21)22/h6-9,26H,2-5,10-14H2,1H3,(H2,23,24,25). The Kier molecular flexibility index (Phi) is 7.77. The van der Waals surface area contributed by atoms with Gasteiger partial charge < -0.3 is 20.5 Å². The Labute approximate surface area is 158 Å². The van der Waals surface area contributed by atoms with E-state index >= 15 is 0 Å². The first-order valence-electron chi connectivity index (χ1n) is 9.33. The molecule has 1 aliphatic rings. The summed E-state index contributed by atoms with van der Waals surface area (Å²) in [5.74, 6) is 0.776. The van der Waals surface area contributed by atoms with Crippen molar-refractivity contribution in [3.63, 3.8) is 0 Å². The average molecular weight is 387 g/mol. The van der Waals surface area contributed by atoms with E-state index < -0.39 is 18.4 Å². The minimum atomic E-state index is -4.35. The predicted octanol–water partition coefficient (Wildman–Crippen LogP) is 3.38. The van der Waals surface area contributed by atoms with E-state index in [0.29, 0.717) is 25.6 Å². The van der Waals surface area contributed by atoms with E-state index in [9.17, 15) is 18.3 Å². The second-order valence-corrected chi connectivity index (χ2v) is 6.88. The summed E-state index contributed by atoms with van der Waals surface area (Å²) in [7, 11) is 0. The quantitative estimate of drug-likeness (QED) is 0.496. The Morgan fingerprint density at radius 1 is 1.15 bits per heavy atom. The second kappa shape index (κ2) is 9.82.